The molecule has 2 N–H and O–H groups in total. The number of thioether (sulfide) groups is 1. The first kappa shape index (κ1) is 12.3. The molecular formula is C13H11N3OS. The van der Waals surface area contributed by atoms with E-state index in [4.69, 9.17) is 5.26 Å². The molecule has 2 aromatic rings. The lowest BCUT2D eigenvalue weighted by Gasteiger charge is -2.04. The van der Waals surface area contributed by atoms with E-state index in [1.807, 2.05) is 36.7 Å². The summed E-state index contributed by atoms with van der Waals surface area (Å²) in [6.07, 6.45) is 3.69. The zero-order valence-corrected chi connectivity index (χ0v) is 10.5. The van der Waals surface area contributed by atoms with Gasteiger partial charge in [0.25, 0.3) is 0 Å². The van der Waals surface area contributed by atoms with Crippen molar-refractivity contribution < 1.29 is 5.11 Å². The molecule has 0 amide bonds. The number of phenols is 1. The number of fused-ring (bicyclic) bond motifs is 1. The molecular weight excluding hydrogens is 246 g/mol. The molecule has 0 aliphatic heterocycles. The second kappa shape index (κ2) is 5.43. The summed E-state index contributed by atoms with van der Waals surface area (Å²) in [5.74, 6) is 0.198. The van der Waals surface area contributed by atoms with Gasteiger partial charge in [0, 0.05) is 5.39 Å². The Morgan fingerprint density at radius 2 is 2.22 bits per heavy atom. The number of hydrogen-bond donors (Lipinski definition) is 2. The van der Waals surface area contributed by atoms with Crippen LogP contribution in [0, 0.1) is 11.5 Å². The van der Waals surface area contributed by atoms with E-state index in [1.54, 1.807) is 12.1 Å². The quantitative estimate of drug-likeness (QED) is 0.357. The van der Waals surface area contributed by atoms with Crippen molar-refractivity contribution in [2.45, 2.75) is 0 Å². The minimum absolute atomic E-state index is 0.198. The third-order valence-electron chi connectivity index (χ3n) is 2.42. The summed E-state index contributed by atoms with van der Waals surface area (Å²) in [4.78, 5) is 4.37. The van der Waals surface area contributed by atoms with Gasteiger partial charge in [0.2, 0.25) is 0 Å². The molecule has 0 atom stereocenters. The Morgan fingerprint density at radius 1 is 1.39 bits per heavy atom. The smallest absolute Gasteiger partial charge is 0.183 e. The van der Waals surface area contributed by atoms with Crippen LogP contribution in [0.15, 0.2) is 41.4 Å². The molecule has 90 valence electrons. The number of rotatable bonds is 1. The predicted octanol–water partition coefficient (Wildman–Crippen LogP) is 2.97. The highest BCUT2D eigenvalue weighted by molar-refractivity contribution is 8.13. The maximum absolute atomic E-state index is 9.53. The van der Waals surface area contributed by atoms with Crippen molar-refractivity contribution in [1.82, 2.24) is 5.32 Å². The lowest BCUT2D eigenvalue weighted by molar-refractivity contribution is 0.476. The zero-order valence-electron chi connectivity index (χ0n) is 9.71. The minimum atomic E-state index is 0.198. The Hall–Kier alpha value is -2.19. The van der Waals surface area contributed by atoms with Crippen LogP contribution in [-0.2, 0) is 0 Å². The summed E-state index contributed by atoms with van der Waals surface area (Å²) in [6, 6.07) is 10.8. The van der Waals surface area contributed by atoms with Crippen molar-refractivity contribution >= 4 is 33.4 Å². The molecule has 0 heterocycles. The normalized spacial score (nSPS) is 11.2. The van der Waals surface area contributed by atoms with E-state index in [0.717, 1.165) is 16.5 Å². The Labute approximate surface area is 109 Å². The van der Waals surface area contributed by atoms with Crippen LogP contribution in [0.3, 0.4) is 0 Å². The van der Waals surface area contributed by atoms with E-state index in [9.17, 15) is 5.11 Å². The number of hydrogen-bond acceptors (Lipinski definition) is 4. The molecule has 0 saturated heterocycles. The van der Waals surface area contributed by atoms with Crippen LogP contribution in [0.5, 0.6) is 5.75 Å². The van der Waals surface area contributed by atoms with Gasteiger partial charge in [-0.25, -0.2) is 4.99 Å². The highest BCUT2D eigenvalue weighted by Gasteiger charge is 2.03. The van der Waals surface area contributed by atoms with Gasteiger partial charge in [-0.1, -0.05) is 30.0 Å². The molecule has 0 spiro atoms. The van der Waals surface area contributed by atoms with Crippen molar-refractivity contribution in [2.24, 2.45) is 4.99 Å². The lowest BCUT2D eigenvalue weighted by Crippen LogP contribution is -2.12. The highest BCUT2D eigenvalue weighted by Crippen LogP contribution is 2.29. The summed E-state index contributed by atoms with van der Waals surface area (Å²) < 4.78 is 0. The second-order valence-electron chi connectivity index (χ2n) is 3.54. The third kappa shape index (κ3) is 2.55. The highest BCUT2D eigenvalue weighted by atomic mass is 32.2. The van der Waals surface area contributed by atoms with Gasteiger partial charge in [-0.15, -0.1) is 0 Å². The molecule has 0 aliphatic rings. The van der Waals surface area contributed by atoms with Crippen LogP contribution in [-0.4, -0.2) is 16.5 Å². The van der Waals surface area contributed by atoms with Gasteiger partial charge >= 0.3 is 0 Å². The fourth-order valence-electron chi connectivity index (χ4n) is 1.62. The van der Waals surface area contributed by atoms with Crippen LogP contribution in [0.25, 0.3) is 10.8 Å². The van der Waals surface area contributed by atoms with Crippen LogP contribution >= 0.6 is 11.8 Å². The predicted molar refractivity (Wildman–Crippen MR) is 75.0 cm³/mol. The standard InChI is InChI=1S/C13H11N3OS/c1-18-13(15-8-14)16-12-4-2-3-9-5-6-10(17)7-11(9)12/h2-7,17H,1H3,(H,15,16). The fourth-order valence-corrected chi connectivity index (χ4v) is 1.96. The molecule has 0 aliphatic carbocycles. The molecule has 5 heteroatoms. The first-order valence-electron chi connectivity index (χ1n) is 5.24. The minimum Gasteiger partial charge on any atom is -0.508 e. The Balaban J connectivity index is 2.57. The molecule has 0 fully saturated rings. The average molecular weight is 257 g/mol. The van der Waals surface area contributed by atoms with Gasteiger partial charge < -0.3 is 5.11 Å². The fraction of sp³-hybridized carbons (Fsp3) is 0.0769. The maximum Gasteiger partial charge on any atom is 0.183 e. The van der Waals surface area contributed by atoms with Gasteiger partial charge in [-0.2, -0.15) is 5.26 Å². The summed E-state index contributed by atoms with van der Waals surface area (Å²) >= 11 is 1.36. The summed E-state index contributed by atoms with van der Waals surface area (Å²) in [5, 5.41) is 23.0. The van der Waals surface area contributed by atoms with Gasteiger partial charge in [0.1, 0.15) is 5.75 Å². The van der Waals surface area contributed by atoms with E-state index < -0.39 is 0 Å². The van der Waals surface area contributed by atoms with Crippen LogP contribution in [0.1, 0.15) is 0 Å². The summed E-state index contributed by atoms with van der Waals surface area (Å²) in [5.41, 5.74) is 0.718. The molecule has 0 saturated carbocycles. The Morgan fingerprint density at radius 3 is 2.94 bits per heavy atom. The van der Waals surface area contributed by atoms with Gasteiger partial charge in [-0.05, 0) is 29.8 Å². The molecule has 0 radical (unpaired) electrons. The zero-order chi connectivity index (χ0) is 13.0. The maximum atomic E-state index is 9.53. The van der Waals surface area contributed by atoms with E-state index in [1.165, 1.54) is 11.8 Å². The number of benzene rings is 2. The second-order valence-corrected chi connectivity index (χ2v) is 4.34. The van der Waals surface area contributed by atoms with Gasteiger partial charge in [0.15, 0.2) is 11.4 Å². The molecule has 4 nitrogen and oxygen atoms in total. The Bertz CT molecular complexity index is 646. The largest absolute Gasteiger partial charge is 0.508 e. The first-order chi connectivity index (χ1) is 8.74. The molecule has 2 aromatic carbocycles. The number of amidine groups is 1. The monoisotopic (exact) mass is 257 g/mol. The van der Waals surface area contributed by atoms with E-state index in [0.29, 0.717) is 5.17 Å². The number of nitriles is 1. The van der Waals surface area contributed by atoms with Crippen LogP contribution < -0.4 is 5.32 Å². The molecule has 2 rings (SSSR count). The number of aromatic hydroxyl groups is 1. The number of nitrogens with one attached hydrogen (secondary N) is 1. The number of phenolic OH excluding ortho intramolecular Hbond substituents is 1. The molecule has 0 bridgehead atoms. The van der Waals surface area contributed by atoms with Gasteiger partial charge in [0.05, 0.1) is 5.69 Å². The van der Waals surface area contributed by atoms with Crippen molar-refractivity contribution in [1.29, 1.82) is 5.26 Å². The molecule has 0 unspecified atom stereocenters. The number of aliphatic imine (C=N–C) groups is 1. The molecule has 18 heavy (non-hydrogen) atoms. The number of nitrogens with zero attached hydrogens (tertiary/aromatic N) is 2. The lowest BCUT2D eigenvalue weighted by atomic mass is 10.1. The van der Waals surface area contributed by atoms with E-state index >= 15 is 0 Å². The van der Waals surface area contributed by atoms with Crippen molar-refractivity contribution in [3.05, 3.63) is 36.4 Å². The van der Waals surface area contributed by atoms with Crippen molar-refractivity contribution in [3.8, 4) is 11.9 Å². The topological polar surface area (TPSA) is 68.4 Å². The summed E-state index contributed by atoms with van der Waals surface area (Å²) in [7, 11) is 0. The van der Waals surface area contributed by atoms with Gasteiger partial charge in [-0.3, -0.25) is 5.32 Å². The summed E-state index contributed by atoms with van der Waals surface area (Å²) in [6.45, 7) is 0. The van der Waals surface area contributed by atoms with E-state index in [-0.39, 0.29) is 5.75 Å². The van der Waals surface area contributed by atoms with Crippen LogP contribution in [0.4, 0.5) is 5.69 Å². The average Bonchev–Trinajstić information content (AvgIpc) is 2.38. The van der Waals surface area contributed by atoms with Crippen LogP contribution in [0.2, 0.25) is 0 Å². The van der Waals surface area contributed by atoms with Crippen molar-refractivity contribution in [3.63, 3.8) is 0 Å². The Kier molecular flexibility index (Phi) is 3.70. The van der Waals surface area contributed by atoms with E-state index in [2.05, 4.69) is 10.3 Å². The van der Waals surface area contributed by atoms with Crippen molar-refractivity contribution in [2.75, 3.05) is 6.26 Å². The molecule has 0 aromatic heterocycles. The first-order valence-corrected chi connectivity index (χ1v) is 6.46. The SMILES string of the molecule is CSC(=Nc1cccc2ccc(O)cc12)NC#N. The third-order valence-corrected chi connectivity index (χ3v) is 3.00.